The van der Waals surface area contributed by atoms with E-state index in [1.165, 1.54) is 0 Å². The molecule has 1 aliphatic carbocycles. The van der Waals surface area contributed by atoms with Crippen molar-refractivity contribution in [1.82, 2.24) is 0 Å². The molecule has 0 spiro atoms. The van der Waals surface area contributed by atoms with Crippen LogP contribution in [0.5, 0.6) is 0 Å². The number of benzene rings is 1. The topological polar surface area (TPSA) is 37.3 Å². The summed E-state index contributed by atoms with van der Waals surface area (Å²) in [5, 5.41) is 8.91. The van der Waals surface area contributed by atoms with E-state index in [-0.39, 0.29) is 0 Å². The van der Waals surface area contributed by atoms with Crippen LogP contribution in [0.3, 0.4) is 0 Å². The summed E-state index contributed by atoms with van der Waals surface area (Å²) in [5.74, 6) is -1.46. The third-order valence-electron chi connectivity index (χ3n) is 3.42. The van der Waals surface area contributed by atoms with E-state index in [9.17, 15) is 9.18 Å². The molecule has 1 aromatic rings. The molecule has 3 heteroatoms. The molecule has 0 radical (unpaired) electrons. The number of rotatable bonds is 3. The van der Waals surface area contributed by atoms with E-state index in [0.717, 1.165) is 6.42 Å². The molecule has 1 unspecified atom stereocenters. The second-order valence-electron chi connectivity index (χ2n) is 4.50. The van der Waals surface area contributed by atoms with Crippen LogP contribution in [-0.2, 0) is 10.5 Å². The van der Waals surface area contributed by atoms with Crippen molar-refractivity contribution < 1.29 is 14.3 Å². The molecule has 1 aromatic carbocycles. The molecule has 0 saturated heterocycles. The van der Waals surface area contributed by atoms with E-state index < -0.39 is 17.6 Å². The first-order chi connectivity index (χ1) is 7.53. The highest BCUT2D eigenvalue weighted by molar-refractivity contribution is 5.75. The maximum absolute atomic E-state index is 14.1. The molecule has 2 rings (SSSR count). The molecule has 0 heterocycles. The van der Waals surface area contributed by atoms with E-state index in [1.807, 2.05) is 0 Å². The molecule has 16 heavy (non-hydrogen) atoms. The normalized spacial score (nSPS) is 19.9. The predicted octanol–water partition coefficient (Wildman–Crippen LogP) is 3.22. The Hall–Kier alpha value is -1.38. The average Bonchev–Trinajstić information content (AvgIpc) is 2.25. The van der Waals surface area contributed by atoms with E-state index in [0.29, 0.717) is 24.0 Å². The summed E-state index contributed by atoms with van der Waals surface area (Å²) in [5.41, 5.74) is 0.0899. The first-order valence-electron chi connectivity index (χ1n) is 5.55. The van der Waals surface area contributed by atoms with Crippen LogP contribution in [0.1, 0.15) is 43.2 Å². The highest BCUT2D eigenvalue weighted by atomic mass is 19.1. The minimum Gasteiger partial charge on any atom is -0.481 e. The smallest absolute Gasteiger partial charge is 0.310 e. The van der Waals surface area contributed by atoms with E-state index >= 15 is 0 Å². The summed E-state index contributed by atoms with van der Waals surface area (Å²) in [6.45, 7) is 1.62. The zero-order chi connectivity index (χ0) is 11.8. The van der Waals surface area contributed by atoms with Gasteiger partial charge < -0.3 is 5.11 Å². The second-order valence-corrected chi connectivity index (χ2v) is 4.50. The Morgan fingerprint density at radius 1 is 1.50 bits per heavy atom. The van der Waals surface area contributed by atoms with Gasteiger partial charge in [-0.2, -0.15) is 0 Å². The molecular weight excluding hydrogens is 207 g/mol. The van der Waals surface area contributed by atoms with Gasteiger partial charge in [0.1, 0.15) is 5.67 Å². The molecule has 0 aromatic heterocycles. The molecule has 0 amide bonds. The van der Waals surface area contributed by atoms with Crippen molar-refractivity contribution in [2.24, 2.45) is 0 Å². The van der Waals surface area contributed by atoms with Gasteiger partial charge in [-0.05, 0) is 37.3 Å². The van der Waals surface area contributed by atoms with Gasteiger partial charge in [-0.25, -0.2) is 4.39 Å². The lowest BCUT2D eigenvalue weighted by Crippen LogP contribution is -2.28. The Kier molecular flexibility index (Phi) is 2.70. The summed E-state index contributed by atoms with van der Waals surface area (Å²) < 4.78 is 14.1. The standard InChI is InChI=1S/C13H15FO2/c1-9(12(15)16)10-4-2-5-11(8-10)13(14)6-3-7-13/h2,4-5,8-9H,3,6-7H2,1H3,(H,15,16). The van der Waals surface area contributed by atoms with Crippen LogP contribution in [0.2, 0.25) is 0 Å². The molecular formula is C13H15FO2. The maximum atomic E-state index is 14.1. The summed E-state index contributed by atoms with van der Waals surface area (Å²) in [6.07, 6.45) is 2.02. The quantitative estimate of drug-likeness (QED) is 0.852. The average molecular weight is 222 g/mol. The molecule has 1 saturated carbocycles. The van der Waals surface area contributed by atoms with Crippen LogP contribution in [0.25, 0.3) is 0 Å². The van der Waals surface area contributed by atoms with Gasteiger partial charge in [0.25, 0.3) is 0 Å². The van der Waals surface area contributed by atoms with E-state index in [4.69, 9.17) is 5.11 Å². The number of aliphatic carboxylic acids is 1. The van der Waals surface area contributed by atoms with Crippen LogP contribution >= 0.6 is 0 Å². The molecule has 2 nitrogen and oxygen atoms in total. The van der Waals surface area contributed by atoms with Gasteiger partial charge in [-0.15, -0.1) is 0 Å². The van der Waals surface area contributed by atoms with Crippen molar-refractivity contribution in [3.63, 3.8) is 0 Å². The van der Waals surface area contributed by atoms with Crippen molar-refractivity contribution in [3.05, 3.63) is 35.4 Å². The fourth-order valence-electron chi connectivity index (χ4n) is 2.01. The van der Waals surface area contributed by atoms with Crippen LogP contribution in [0, 0.1) is 0 Å². The van der Waals surface area contributed by atoms with Gasteiger partial charge in [0.2, 0.25) is 0 Å². The monoisotopic (exact) mass is 222 g/mol. The lowest BCUT2D eigenvalue weighted by atomic mass is 9.76. The van der Waals surface area contributed by atoms with Crippen molar-refractivity contribution in [2.45, 2.75) is 37.8 Å². The predicted molar refractivity (Wildman–Crippen MR) is 59.1 cm³/mol. The second kappa shape index (κ2) is 3.89. The Balaban J connectivity index is 2.29. The zero-order valence-corrected chi connectivity index (χ0v) is 9.24. The lowest BCUT2D eigenvalue weighted by Gasteiger charge is -2.34. The van der Waals surface area contributed by atoms with Gasteiger partial charge in [0.15, 0.2) is 0 Å². The summed E-state index contributed by atoms with van der Waals surface area (Å²) in [7, 11) is 0. The van der Waals surface area contributed by atoms with Crippen LogP contribution in [-0.4, -0.2) is 11.1 Å². The summed E-state index contributed by atoms with van der Waals surface area (Å²) in [6, 6.07) is 6.92. The zero-order valence-electron chi connectivity index (χ0n) is 9.24. The molecule has 0 bridgehead atoms. The van der Waals surface area contributed by atoms with E-state index in [1.54, 1.807) is 31.2 Å². The minimum atomic E-state index is -1.21. The molecule has 1 fully saturated rings. The number of hydrogen-bond donors (Lipinski definition) is 1. The minimum absolute atomic E-state index is 0.553. The number of alkyl halides is 1. The lowest BCUT2D eigenvalue weighted by molar-refractivity contribution is -0.138. The number of halogens is 1. The third kappa shape index (κ3) is 1.82. The van der Waals surface area contributed by atoms with Crippen molar-refractivity contribution in [1.29, 1.82) is 0 Å². The molecule has 1 aliphatic rings. The number of carbonyl (C=O) groups is 1. The van der Waals surface area contributed by atoms with Crippen LogP contribution in [0.4, 0.5) is 4.39 Å². The summed E-state index contributed by atoms with van der Waals surface area (Å²) >= 11 is 0. The number of carboxylic acids is 1. The van der Waals surface area contributed by atoms with Crippen molar-refractivity contribution >= 4 is 5.97 Å². The largest absolute Gasteiger partial charge is 0.481 e. The SMILES string of the molecule is CC(C(=O)O)c1cccc(C2(F)CCC2)c1. The van der Waals surface area contributed by atoms with Crippen LogP contribution < -0.4 is 0 Å². The Morgan fingerprint density at radius 3 is 2.69 bits per heavy atom. The van der Waals surface area contributed by atoms with Gasteiger partial charge in [-0.3, -0.25) is 4.79 Å². The van der Waals surface area contributed by atoms with Gasteiger partial charge in [-0.1, -0.05) is 24.3 Å². The van der Waals surface area contributed by atoms with Gasteiger partial charge >= 0.3 is 5.97 Å². The number of carboxylic acid groups (broad SMARTS) is 1. The fourth-order valence-corrected chi connectivity index (χ4v) is 2.01. The Bertz CT molecular complexity index is 410. The maximum Gasteiger partial charge on any atom is 0.310 e. The van der Waals surface area contributed by atoms with Crippen molar-refractivity contribution in [3.8, 4) is 0 Å². The fraction of sp³-hybridized carbons (Fsp3) is 0.462. The highest BCUT2D eigenvalue weighted by Crippen LogP contribution is 2.45. The molecule has 86 valence electrons. The molecule has 1 N–H and O–H groups in total. The number of hydrogen-bond acceptors (Lipinski definition) is 1. The first kappa shape index (κ1) is 11.1. The summed E-state index contributed by atoms with van der Waals surface area (Å²) in [4.78, 5) is 10.9. The molecule has 1 atom stereocenters. The third-order valence-corrected chi connectivity index (χ3v) is 3.42. The Morgan fingerprint density at radius 2 is 2.19 bits per heavy atom. The van der Waals surface area contributed by atoms with E-state index in [2.05, 4.69) is 0 Å². The van der Waals surface area contributed by atoms with Gasteiger partial charge in [0, 0.05) is 0 Å². The highest BCUT2D eigenvalue weighted by Gasteiger charge is 2.38. The van der Waals surface area contributed by atoms with Gasteiger partial charge in [0.05, 0.1) is 5.92 Å². The Labute approximate surface area is 94.1 Å². The first-order valence-corrected chi connectivity index (χ1v) is 5.55. The van der Waals surface area contributed by atoms with Crippen LogP contribution in [0.15, 0.2) is 24.3 Å². The van der Waals surface area contributed by atoms with Crippen molar-refractivity contribution in [2.75, 3.05) is 0 Å². The molecule has 0 aliphatic heterocycles.